The second kappa shape index (κ2) is 8.11. The maximum Gasteiger partial charge on any atom is 0.253 e. The molecule has 26 heavy (non-hydrogen) atoms. The Morgan fingerprint density at radius 1 is 1.23 bits per heavy atom. The zero-order valence-electron chi connectivity index (χ0n) is 17.0. The van der Waals surface area contributed by atoms with Crippen molar-refractivity contribution in [2.75, 3.05) is 24.3 Å². The molecule has 144 valence electrons. The summed E-state index contributed by atoms with van der Waals surface area (Å²) >= 11 is 0. The van der Waals surface area contributed by atoms with Gasteiger partial charge in [-0.05, 0) is 48.8 Å². The summed E-state index contributed by atoms with van der Waals surface area (Å²) in [6.07, 6.45) is 3.57. The van der Waals surface area contributed by atoms with Crippen LogP contribution in [0, 0.1) is 11.3 Å². The first-order valence-electron chi connectivity index (χ1n) is 9.47. The summed E-state index contributed by atoms with van der Waals surface area (Å²) in [5.74, 6) is 0.231. The minimum Gasteiger partial charge on any atom is -0.377 e. The molecule has 0 spiro atoms. The van der Waals surface area contributed by atoms with Gasteiger partial charge < -0.3 is 15.5 Å². The molecule has 0 aliphatic heterocycles. The molecule has 0 aromatic heterocycles. The molecule has 1 aromatic carbocycles. The molecule has 2 N–H and O–H groups in total. The highest BCUT2D eigenvalue weighted by atomic mass is 16.2. The molecule has 0 heterocycles. The fourth-order valence-electron chi connectivity index (χ4n) is 3.32. The quantitative estimate of drug-likeness (QED) is 0.772. The number of amides is 2. The number of carbonyl (C=O) groups is 2. The fraction of sp³-hybridized carbons (Fsp3) is 0.619. The van der Waals surface area contributed by atoms with E-state index in [4.69, 9.17) is 0 Å². The minimum atomic E-state index is -0.0756. The number of hydrogen-bond donors (Lipinski definition) is 2. The van der Waals surface area contributed by atoms with Gasteiger partial charge in [0.05, 0.1) is 5.56 Å². The monoisotopic (exact) mass is 359 g/mol. The zero-order valence-corrected chi connectivity index (χ0v) is 17.0. The van der Waals surface area contributed by atoms with Gasteiger partial charge in [0.2, 0.25) is 5.91 Å². The highest BCUT2D eigenvalue weighted by Gasteiger charge is 2.25. The van der Waals surface area contributed by atoms with Crippen molar-refractivity contribution in [1.29, 1.82) is 0 Å². The molecule has 2 amide bonds. The third kappa shape index (κ3) is 6.36. The normalized spacial score (nSPS) is 15.3. The van der Waals surface area contributed by atoms with E-state index in [0.717, 1.165) is 24.9 Å². The Bertz CT molecular complexity index is 658. The first-order chi connectivity index (χ1) is 12.0. The van der Waals surface area contributed by atoms with Crippen LogP contribution in [0.15, 0.2) is 18.2 Å². The number of nitrogens with zero attached hydrogens (tertiary/aromatic N) is 1. The third-order valence-corrected chi connectivity index (χ3v) is 4.41. The van der Waals surface area contributed by atoms with E-state index in [2.05, 4.69) is 38.3 Å². The van der Waals surface area contributed by atoms with Crippen LogP contribution in [-0.2, 0) is 4.79 Å². The summed E-state index contributed by atoms with van der Waals surface area (Å²) in [6, 6.07) is 5.82. The number of benzene rings is 1. The van der Waals surface area contributed by atoms with Crippen molar-refractivity contribution in [3.05, 3.63) is 23.8 Å². The predicted octanol–water partition coefficient (Wildman–Crippen LogP) is 4.05. The van der Waals surface area contributed by atoms with Crippen LogP contribution in [0.5, 0.6) is 0 Å². The Morgan fingerprint density at radius 2 is 1.88 bits per heavy atom. The molecular formula is C21H33N3O2. The maximum atomic E-state index is 12.5. The van der Waals surface area contributed by atoms with Crippen molar-refractivity contribution < 1.29 is 9.59 Å². The maximum absolute atomic E-state index is 12.5. The topological polar surface area (TPSA) is 61.4 Å². The number of rotatable bonds is 7. The van der Waals surface area contributed by atoms with Crippen LogP contribution in [0.2, 0.25) is 0 Å². The van der Waals surface area contributed by atoms with Gasteiger partial charge in [0.25, 0.3) is 5.91 Å². The molecule has 1 saturated carbocycles. The van der Waals surface area contributed by atoms with Crippen LogP contribution in [0.3, 0.4) is 0 Å². The average Bonchev–Trinajstić information content (AvgIpc) is 3.28. The van der Waals surface area contributed by atoms with Crippen molar-refractivity contribution in [3.8, 4) is 0 Å². The average molecular weight is 360 g/mol. The number of anilines is 2. The molecule has 1 unspecified atom stereocenters. The van der Waals surface area contributed by atoms with Gasteiger partial charge in [-0.2, -0.15) is 0 Å². The van der Waals surface area contributed by atoms with Crippen LogP contribution in [-0.4, -0.2) is 32.0 Å². The van der Waals surface area contributed by atoms with E-state index in [9.17, 15) is 9.59 Å². The zero-order chi connectivity index (χ0) is 19.5. The van der Waals surface area contributed by atoms with E-state index in [0.29, 0.717) is 29.6 Å². The van der Waals surface area contributed by atoms with E-state index < -0.39 is 0 Å². The van der Waals surface area contributed by atoms with Crippen molar-refractivity contribution >= 4 is 23.2 Å². The van der Waals surface area contributed by atoms with Crippen LogP contribution in [0.25, 0.3) is 0 Å². The molecule has 0 bridgehead atoms. The van der Waals surface area contributed by atoms with Crippen LogP contribution < -0.4 is 15.5 Å². The number of nitrogens with one attached hydrogen (secondary N) is 2. The Morgan fingerprint density at radius 3 is 2.42 bits per heavy atom. The van der Waals surface area contributed by atoms with Crippen LogP contribution in [0.4, 0.5) is 11.4 Å². The molecule has 1 aliphatic rings. The summed E-state index contributed by atoms with van der Waals surface area (Å²) < 4.78 is 0. The standard InChI is InChI=1S/C21H33N3O2/c1-14(13-21(2,3)4)11-19(25)22-16-9-10-18(24(5)6)17(12-16)20(26)23-15-7-8-15/h9-10,12,14-15H,7-8,11,13H2,1-6H3,(H,22,25)(H,23,26). The van der Waals surface area contributed by atoms with E-state index in [1.807, 2.05) is 31.1 Å². The fourth-order valence-corrected chi connectivity index (χ4v) is 3.32. The van der Waals surface area contributed by atoms with Gasteiger partial charge in [0.15, 0.2) is 0 Å². The molecule has 1 aromatic rings. The minimum absolute atomic E-state index is 0.00657. The van der Waals surface area contributed by atoms with Crippen molar-refractivity contribution in [2.24, 2.45) is 11.3 Å². The largest absolute Gasteiger partial charge is 0.377 e. The first-order valence-corrected chi connectivity index (χ1v) is 9.47. The van der Waals surface area contributed by atoms with Crippen LogP contribution in [0.1, 0.15) is 63.7 Å². The van der Waals surface area contributed by atoms with Crippen molar-refractivity contribution in [3.63, 3.8) is 0 Å². The lowest BCUT2D eigenvalue weighted by Gasteiger charge is -2.23. The van der Waals surface area contributed by atoms with Crippen molar-refractivity contribution in [2.45, 2.75) is 59.4 Å². The van der Waals surface area contributed by atoms with Gasteiger partial charge in [-0.15, -0.1) is 0 Å². The SMILES string of the molecule is CC(CC(=O)Nc1ccc(N(C)C)c(C(=O)NC2CC2)c1)CC(C)(C)C. The second-order valence-electron chi connectivity index (χ2n) is 9.00. The molecular weight excluding hydrogens is 326 g/mol. The summed E-state index contributed by atoms with van der Waals surface area (Å²) in [4.78, 5) is 26.8. The summed E-state index contributed by atoms with van der Waals surface area (Å²) in [6.45, 7) is 8.67. The van der Waals surface area contributed by atoms with Gasteiger partial charge in [-0.1, -0.05) is 27.7 Å². The lowest BCUT2D eigenvalue weighted by molar-refractivity contribution is -0.117. The smallest absolute Gasteiger partial charge is 0.253 e. The third-order valence-electron chi connectivity index (χ3n) is 4.41. The van der Waals surface area contributed by atoms with Crippen molar-refractivity contribution in [1.82, 2.24) is 5.32 Å². The van der Waals surface area contributed by atoms with Gasteiger partial charge in [-0.25, -0.2) is 0 Å². The molecule has 0 radical (unpaired) electrons. The lowest BCUT2D eigenvalue weighted by Crippen LogP contribution is -2.27. The summed E-state index contributed by atoms with van der Waals surface area (Å²) in [5.41, 5.74) is 2.33. The van der Waals surface area contributed by atoms with Crippen LogP contribution >= 0.6 is 0 Å². The van der Waals surface area contributed by atoms with Gasteiger partial charge in [-0.3, -0.25) is 9.59 Å². The van der Waals surface area contributed by atoms with Gasteiger partial charge in [0, 0.05) is 37.9 Å². The molecule has 5 nitrogen and oxygen atoms in total. The summed E-state index contributed by atoms with van der Waals surface area (Å²) in [7, 11) is 3.82. The highest BCUT2D eigenvalue weighted by molar-refractivity contribution is 6.02. The molecule has 1 atom stereocenters. The Labute approximate surface area is 157 Å². The van der Waals surface area contributed by atoms with E-state index in [1.165, 1.54) is 0 Å². The lowest BCUT2D eigenvalue weighted by atomic mass is 9.84. The Hall–Kier alpha value is -2.04. The molecule has 0 saturated heterocycles. The molecule has 1 fully saturated rings. The molecule has 1 aliphatic carbocycles. The Kier molecular flexibility index (Phi) is 6.32. The van der Waals surface area contributed by atoms with E-state index in [1.54, 1.807) is 6.07 Å². The van der Waals surface area contributed by atoms with E-state index >= 15 is 0 Å². The van der Waals surface area contributed by atoms with E-state index in [-0.39, 0.29) is 17.2 Å². The number of hydrogen-bond acceptors (Lipinski definition) is 3. The van der Waals surface area contributed by atoms with Gasteiger partial charge in [0.1, 0.15) is 0 Å². The summed E-state index contributed by atoms with van der Waals surface area (Å²) in [5, 5.41) is 5.98. The predicted molar refractivity (Wildman–Crippen MR) is 108 cm³/mol. The molecule has 5 heteroatoms. The Balaban J connectivity index is 2.06. The van der Waals surface area contributed by atoms with Gasteiger partial charge >= 0.3 is 0 Å². The highest BCUT2D eigenvalue weighted by Crippen LogP contribution is 2.28. The second-order valence-corrected chi connectivity index (χ2v) is 9.00. The number of carbonyl (C=O) groups excluding carboxylic acids is 2. The molecule has 2 rings (SSSR count). The first kappa shape index (κ1) is 20.3.